The standard InChI is InChI=1S/C26H21BO3/c28-27(29)30-24-18-16-23(17-19-24)26(22-14-8-3-9-15-22)25(20-10-4-1-5-11-20)21-12-6-2-7-13-21/h1-19,28-29H. The van der Waals surface area contributed by atoms with Crippen LogP contribution in [0.2, 0.25) is 0 Å². The molecule has 4 rings (SSSR count). The Kier molecular flexibility index (Phi) is 6.09. The molecule has 0 atom stereocenters. The van der Waals surface area contributed by atoms with Crippen molar-refractivity contribution >= 4 is 18.5 Å². The smallest absolute Gasteiger partial charge is 0.512 e. The fourth-order valence-corrected chi connectivity index (χ4v) is 3.55. The summed E-state index contributed by atoms with van der Waals surface area (Å²) in [6, 6.07) is 38.3. The minimum Gasteiger partial charge on any atom is -0.512 e. The lowest BCUT2D eigenvalue weighted by Gasteiger charge is -2.18. The monoisotopic (exact) mass is 392 g/mol. The molecule has 30 heavy (non-hydrogen) atoms. The van der Waals surface area contributed by atoms with Crippen LogP contribution >= 0.6 is 0 Å². The molecule has 0 radical (unpaired) electrons. The second-order valence-corrected chi connectivity index (χ2v) is 6.82. The van der Waals surface area contributed by atoms with E-state index in [0.29, 0.717) is 5.75 Å². The van der Waals surface area contributed by atoms with Gasteiger partial charge in [-0.25, -0.2) is 0 Å². The van der Waals surface area contributed by atoms with Crippen LogP contribution in [0.15, 0.2) is 115 Å². The first-order chi connectivity index (χ1) is 14.7. The first-order valence-electron chi connectivity index (χ1n) is 9.76. The first kappa shape index (κ1) is 19.7. The van der Waals surface area contributed by atoms with Gasteiger partial charge in [-0.05, 0) is 45.5 Å². The van der Waals surface area contributed by atoms with Gasteiger partial charge in [-0.2, -0.15) is 0 Å². The normalized spacial score (nSPS) is 10.3. The highest BCUT2D eigenvalue weighted by Gasteiger charge is 2.17. The van der Waals surface area contributed by atoms with Crippen molar-refractivity contribution in [1.82, 2.24) is 0 Å². The molecule has 0 aromatic heterocycles. The van der Waals surface area contributed by atoms with Gasteiger partial charge >= 0.3 is 7.32 Å². The SMILES string of the molecule is OB(O)Oc1ccc(C(=C(c2ccccc2)c2ccccc2)c2ccccc2)cc1. The molecule has 0 bridgehead atoms. The summed E-state index contributed by atoms with van der Waals surface area (Å²) < 4.78 is 4.98. The third kappa shape index (κ3) is 4.52. The number of benzene rings is 4. The van der Waals surface area contributed by atoms with Crippen molar-refractivity contribution < 1.29 is 14.7 Å². The lowest BCUT2D eigenvalue weighted by atomic mass is 9.86. The van der Waals surface area contributed by atoms with Gasteiger partial charge < -0.3 is 14.7 Å². The fraction of sp³-hybridized carbons (Fsp3) is 0. The zero-order valence-electron chi connectivity index (χ0n) is 16.3. The van der Waals surface area contributed by atoms with Gasteiger partial charge in [0.2, 0.25) is 0 Å². The van der Waals surface area contributed by atoms with Crippen molar-refractivity contribution in [3.8, 4) is 5.75 Å². The summed E-state index contributed by atoms with van der Waals surface area (Å²) in [4.78, 5) is 0. The van der Waals surface area contributed by atoms with Crippen LogP contribution in [0.1, 0.15) is 22.3 Å². The second-order valence-electron chi connectivity index (χ2n) is 6.82. The van der Waals surface area contributed by atoms with Gasteiger partial charge in [0.25, 0.3) is 0 Å². The minimum atomic E-state index is -1.84. The summed E-state index contributed by atoms with van der Waals surface area (Å²) in [5, 5.41) is 18.1. The molecular weight excluding hydrogens is 371 g/mol. The molecule has 0 fully saturated rings. The van der Waals surface area contributed by atoms with E-state index in [-0.39, 0.29) is 0 Å². The minimum absolute atomic E-state index is 0.391. The molecule has 0 aliphatic heterocycles. The maximum atomic E-state index is 9.07. The summed E-state index contributed by atoms with van der Waals surface area (Å²) in [5.74, 6) is 0.391. The van der Waals surface area contributed by atoms with Crippen LogP contribution in [0.5, 0.6) is 5.75 Å². The Balaban J connectivity index is 1.98. The molecule has 0 amide bonds. The lowest BCUT2D eigenvalue weighted by Crippen LogP contribution is -2.20. The van der Waals surface area contributed by atoms with E-state index in [2.05, 4.69) is 36.4 Å². The summed E-state index contributed by atoms with van der Waals surface area (Å²) in [7, 11) is -1.84. The molecule has 0 heterocycles. The van der Waals surface area contributed by atoms with Crippen LogP contribution in [-0.2, 0) is 0 Å². The zero-order chi connectivity index (χ0) is 20.8. The van der Waals surface area contributed by atoms with Gasteiger partial charge in [0, 0.05) is 0 Å². The molecule has 0 unspecified atom stereocenters. The third-order valence-corrected chi connectivity index (χ3v) is 4.82. The molecule has 0 spiro atoms. The highest BCUT2D eigenvalue weighted by molar-refractivity contribution is 6.33. The van der Waals surface area contributed by atoms with Crippen LogP contribution in [-0.4, -0.2) is 17.4 Å². The Bertz CT molecular complexity index is 1070. The summed E-state index contributed by atoms with van der Waals surface area (Å²) in [6.45, 7) is 0. The molecule has 2 N–H and O–H groups in total. The Labute approximate surface area is 176 Å². The molecule has 146 valence electrons. The van der Waals surface area contributed by atoms with Gasteiger partial charge in [-0.1, -0.05) is 103 Å². The molecule has 4 heteroatoms. The molecule has 4 aromatic rings. The van der Waals surface area contributed by atoms with Crippen LogP contribution in [0.25, 0.3) is 11.1 Å². The predicted octanol–water partition coefficient (Wildman–Crippen LogP) is 5.04. The number of hydrogen-bond acceptors (Lipinski definition) is 3. The van der Waals surface area contributed by atoms with Gasteiger partial charge in [0.1, 0.15) is 5.75 Å². The summed E-state index contributed by atoms with van der Waals surface area (Å²) >= 11 is 0. The predicted molar refractivity (Wildman–Crippen MR) is 122 cm³/mol. The van der Waals surface area contributed by atoms with Crippen LogP contribution < -0.4 is 4.65 Å². The van der Waals surface area contributed by atoms with E-state index in [4.69, 9.17) is 14.7 Å². The number of rotatable bonds is 6. The van der Waals surface area contributed by atoms with Crippen LogP contribution in [0.4, 0.5) is 0 Å². The average Bonchev–Trinajstić information content (AvgIpc) is 2.79. The van der Waals surface area contributed by atoms with Gasteiger partial charge in [-0.15, -0.1) is 0 Å². The van der Waals surface area contributed by atoms with Crippen molar-refractivity contribution in [2.45, 2.75) is 0 Å². The molecule has 0 saturated heterocycles. The van der Waals surface area contributed by atoms with Gasteiger partial charge in [0.15, 0.2) is 0 Å². The molecule has 3 nitrogen and oxygen atoms in total. The van der Waals surface area contributed by atoms with E-state index >= 15 is 0 Å². The van der Waals surface area contributed by atoms with Crippen LogP contribution in [0, 0.1) is 0 Å². The van der Waals surface area contributed by atoms with Gasteiger partial charge in [0.05, 0.1) is 0 Å². The summed E-state index contributed by atoms with van der Waals surface area (Å²) in [5.41, 5.74) is 6.55. The van der Waals surface area contributed by atoms with Gasteiger partial charge in [-0.3, -0.25) is 0 Å². The van der Waals surface area contributed by atoms with Crippen molar-refractivity contribution in [2.75, 3.05) is 0 Å². The molecule has 0 aliphatic carbocycles. The largest absolute Gasteiger partial charge is 0.707 e. The maximum absolute atomic E-state index is 9.07. The van der Waals surface area contributed by atoms with E-state index in [1.54, 1.807) is 12.1 Å². The molecule has 0 saturated carbocycles. The Hall–Kier alpha value is -3.60. The Morgan fingerprint density at radius 2 is 0.800 bits per heavy atom. The number of hydrogen-bond donors (Lipinski definition) is 2. The lowest BCUT2D eigenvalue weighted by molar-refractivity contribution is 0.288. The average molecular weight is 392 g/mol. The van der Waals surface area contributed by atoms with E-state index in [1.165, 1.54) is 0 Å². The Morgan fingerprint density at radius 1 is 0.467 bits per heavy atom. The van der Waals surface area contributed by atoms with Crippen molar-refractivity contribution in [3.63, 3.8) is 0 Å². The van der Waals surface area contributed by atoms with E-state index in [1.807, 2.05) is 66.7 Å². The zero-order valence-corrected chi connectivity index (χ0v) is 16.3. The molecule has 0 aliphatic rings. The van der Waals surface area contributed by atoms with Crippen molar-refractivity contribution in [1.29, 1.82) is 0 Å². The topological polar surface area (TPSA) is 49.7 Å². The van der Waals surface area contributed by atoms with E-state index in [0.717, 1.165) is 33.4 Å². The second kappa shape index (κ2) is 9.27. The highest BCUT2D eigenvalue weighted by Crippen LogP contribution is 2.37. The van der Waals surface area contributed by atoms with Crippen molar-refractivity contribution in [2.24, 2.45) is 0 Å². The highest BCUT2D eigenvalue weighted by atomic mass is 16.6. The van der Waals surface area contributed by atoms with Crippen LogP contribution in [0.3, 0.4) is 0 Å². The Morgan fingerprint density at radius 3 is 1.13 bits per heavy atom. The molecule has 4 aromatic carbocycles. The van der Waals surface area contributed by atoms with E-state index < -0.39 is 7.32 Å². The maximum Gasteiger partial charge on any atom is 0.707 e. The fourth-order valence-electron chi connectivity index (χ4n) is 3.55. The molecular formula is C26H21BO3. The van der Waals surface area contributed by atoms with Crippen molar-refractivity contribution in [3.05, 3.63) is 138 Å². The van der Waals surface area contributed by atoms with E-state index in [9.17, 15) is 0 Å². The summed E-state index contributed by atoms with van der Waals surface area (Å²) in [6.07, 6.45) is 0. The first-order valence-corrected chi connectivity index (χ1v) is 9.76. The third-order valence-electron chi connectivity index (χ3n) is 4.82. The quantitative estimate of drug-likeness (QED) is 0.357.